The predicted molar refractivity (Wildman–Crippen MR) is 83.0 cm³/mol. The highest BCUT2D eigenvalue weighted by molar-refractivity contribution is 5.80. The van der Waals surface area contributed by atoms with Crippen molar-refractivity contribution < 1.29 is 4.42 Å². The molecule has 1 fully saturated rings. The second-order valence-electron chi connectivity index (χ2n) is 6.00. The van der Waals surface area contributed by atoms with Gasteiger partial charge in [-0.2, -0.15) is 0 Å². The molecule has 1 saturated heterocycles. The lowest BCUT2D eigenvalue weighted by Crippen LogP contribution is -2.47. The van der Waals surface area contributed by atoms with Gasteiger partial charge in [-0.3, -0.25) is 4.99 Å². The Labute approximate surface area is 122 Å². The van der Waals surface area contributed by atoms with E-state index in [1.807, 2.05) is 12.1 Å². The number of nitrogens with one attached hydrogen (secondary N) is 1. The summed E-state index contributed by atoms with van der Waals surface area (Å²) in [6.45, 7) is 9.65. The quantitative estimate of drug-likeness (QED) is 0.679. The van der Waals surface area contributed by atoms with Crippen LogP contribution in [-0.4, -0.2) is 36.5 Å². The van der Waals surface area contributed by atoms with E-state index < -0.39 is 0 Å². The lowest BCUT2D eigenvalue weighted by molar-refractivity contribution is 0.271. The zero-order valence-electron chi connectivity index (χ0n) is 12.9. The van der Waals surface area contributed by atoms with Crippen LogP contribution in [0.25, 0.3) is 0 Å². The third-order valence-electron chi connectivity index (χ3n) is 3.70. The van der Waals surface area contributed by atoms with Crippen molar-refractivity contribution in [2.24, 2.45) is 10.9 Å². The van der Waals surface area contributed by atoms with Gasteiger partial charge in [0, 0.05) is 32.1 Å². The molecule has 112 valence electrons. The van der Waals surface area contributed by atoms with Crippen molar-refractivity contribution in [2.45, 2.75) is 46.1 Å². The Morgan fingerprint density at radius 3 is 2.80 bits per heavy atom. The van der Waals surface area contributed by atoms with Crippen LogP contribution in [0.3, 0.4) is 0 Å². The van der Waals surface area contributed by atoms with Crippen molar-refractivity contribution in [3.63, 3.8) is 0 Å². The van der Waals surface area contributed by atoms with Crippen LogP contribution in [0.4, 0.5) is 0 Å². The molecule has 0 radical (unpaired) electrons. The van der Waals surface area contributed by atoms with Crippen molar-refractivity contribution in [3.05, 3.63) is 24.2 Å². The molecule has 1 aromatic heterocycles. The molecule has 0 amide bonds. The Bertz CT molecular complexity index is 403. The maximum Gasteiger partial charge on any atom is 0.194 e. The van der Waals surface area contributed by atoms with E-state index in [1.54, 1.807) is 6.26 Å². The molecule has 0 saturated carbocycles. The molecule has 4 heteroatoms. The maximum absolute atomic E-state index is 5.35. The number of hydrogen-bond donors (Lipinski definition) is 1. The van der Waals surface area contributed by atoms with Gasteiger partial charge < -0.3 is 14.6 Å². The van der Waals surface area contributed by atoms with E-state index in [9.17, 15) is 0 Å². The Balaban J connectivity index is 1.91. The second-order valence-corrected chi connectivity index (χ2v) is 6.00. The van der Waals surface area contributed by atoms with E-state index in [4.69, 9.17) is 9.41 Å². The fourth-order valence-corrected chi connectivity index (χ4v) is 2.44. The predicted octanol–water partition coefficient (Wildman–Crippen LogP) is 2.91. The van der Waals surface area contributed by atoms with E-state index in [2.05, 4.69) is 31.0 Å². The number of nitrogens with zero attached hydrogens (tertiary/aromatic N) is 2. The highest BCUT2D eigenvalue weighted by Gasteiger charge is 2.19. The van der Waals surface area contributed by atoms with Crippen molar-refractivity contribution in [2.75, 3.05) is 19.6 Å². The molecule has 1 N–H and O–H groups in total. The van der Waals surface area contributed by atoms with Gasteiger partial charge in [0.05, 0.1) is 6.26 Å². The number of likely N-dealkylation sites (tertiary alicyclic amines) is 1. The first-order valence-electron chi connectivity index (χ1n) is 7.73. The van der Waals surface area contributed by atoms with E-state index in [0.717, 1.165) is 43.7 Å². The summed E-state index contributed by atoms with van der Waals surface area (Å²) >= 11 is 0. The van der Waals surface area contributed by atoms with Crippen LogP contribution >= 0.6 is 0 Å². The van der Waals surface area contributed by atoms with Gasteiger partial charge in [-0.25, -0.2) is 0 Å². The molecule has 2 rings (SSSR count). The molecule has 1 aliphatic rings. The van der Waals surface area contributed by atoms with E-state index in [1.165, 1.54) is 12.8 Å². The summed E-state index contributed by atoms with van der Waals surface area (Å²) < 4.78 is 5.35. The monoisotopic (exact) mass is 277 g/mol. The van der Waals surface area contributed by atoms with Crippen molar-refractivity contribution in [1.82, 2.24) is 10.2 Å². The number of furan rings is 1. The van der Waals surface area contributed by atoms with Crippen LogP contribution < -0.4 is 5.32 Å². The van der Waals surface area contributed by atoms with Gasteiger partial charge in [-0.05, 0) is 44.7 Å². The summed E-state index contributed by atoms with van der Waals surface area (Å²) in [4.78, 5) is 7.15. The Hall–Kier alpha value is -1.45. The topological polar surface area (TPSA) is 40.8 Å². The minimum atomic E-state index is 0.414. The Morgan fingerprint density at radius 2 is 2.20 bits per heavy atom. The zero-order valence-corrected chi connectivity index (χ0v) is 12.9. The highest BCUT2D eigenvalue weighted by atomic mass is 16.3. The Kier molecular flexibility index (Phi) is 5.50. The number of hydrogen-bond acceptors (Lipinski definition) is 2. The van der Waals surface area contributed by atoms with Crippen molar-refractivity contribution in [1.29, 1.82) is 0 Å². The minimum absolute atomic E-state index is 0.414. The molecule has 4 nitrogen and oxygen atoms in total. The lowest BCUT2D eigenvalue weighted by atomic mass is 9.99. The first-order chi connectivity index (χ1) is 9.65. The molecule has 0 bridgehead atoms. The van der Waals surface area contributed by atoms with Crippen LogP contribution in [0.5, 0.6) is 0 Å². The van der Waals surface area contributed by atoms with Gasteiger partial charge in [0.15, 0.2) is 5.96 Å². The summed E-state index contributed by atoms with van der Waals surface area (Å²) in [6, 6.07) is 4.35. The van der Waals surface area contributed by atoms with Gasteiger partial charge in [0.1, 0.15) is 5.76 Å². The second kappa shape index (κ2) is 7.36. The maximum atomic E-state index is 5.35. The normalized spacial score (nSPS) is 17.8. The first kappa shape index (κ1) is 14.9. The van der Waals surface area contributed by atoms with Gasteiger partial charge in [-0.15, -0.1) is 0 Å². The number of aliphatic imine (C=N–C) groups is 1. The Morgan fingerprint density at radius 1 is 1.45 bits per heavy atom. The molecule has 0 aromatic carbocycles. The smallest absolute Gasteiger partial charge is 0.194 e. The average Bonchev–Trinajstić information content (AvgIpc) is 2.91. The van der Waals surface area contributed by atoms with Gasteiger partial charge in [-0.1, -0.05) is 6.92 Å². The third-order valence-corrected chi connectivity index (χ3v) is 3.70. The molecule has 20 heavy (non-hydrogen) atoms. The molecule has 1 aliphatic heterocycles. The fourth-order valence-electron chi connectivity index (χ4n) is 2.44. The molecule has 0 unspecified atom stereocenters. The molecule has 0 aliphatic carbocycles. The van der Waals surface area contributed by atoms with E-state index in [-0.39, 0.29) is 0 Å². The molecule has 0 spiro atoms. The van der Waals surface area contributed by atoms with Crippen LogP contribution in [0.2, 0.25) is 0 Å². The average molecular weight is 277 g/mol. The SMILES string of the molecule is CC1CCN(C(=NCCc2ccco2)NC(C)C)CC1. The van der Waals surface area contributed by atoms with Crippen molar-refractivity contribution >= 4 is 5.96 Å². The molecular formula is C16H27N3O. The van der Waals surface area contributed by atoms with Crippen LogP contribution in [0.15, 0.2) is 27.8 Å². The molecule has 1 aromatic rings. The summed E-state index contributed by atoms with van der Waals surface area (Å²) in [5.41, 5.74) is 0. The zero-order chi connectivity index (χ0) is 14.4. The lowest BCUT2D eigenvalue weighted by Gasteiger charge is -2.33. The number of guanidine groups is 1. The van der Waals surface area contributed by atoms with Gasteiger partial charge in [0.25, 0.3) is 0 Å². The summed E-state index contributed by atoms with van der Waals surface area (Å²) in [7, 11) is 0. The standard InChI is InChI=1S/C16H27N3O/c1-13(2)18-16(19-10-7-14(3)8-11-19)17-9-6-15-5-4-12-20-15/h4-5,12-14H,6-11H2,1-3H3,(H,17,18). The van der Waals surface area contributed by atoms with E-state index >= 15 is 0 Å². The summed E-state index contributed by atoms with van der Waals surface area (Å²) in [6.07, 6.45) is 5.10. The molecule has 2 heterocycles. The van der Waals surface area contributed by atoms with Gasteiger partial charge >= 0.3 is 0 Å². The van der Waals surface area contributed by atoms with Crippen LogP contribution in [0.1, 0.15) is 39.4 Å². The van der Waals surface area contributed by atoms with Crippen LogP contribution in [0, 0.1) is 5.92 Å². The largest absolute Gasteiger partial charge is 0.469 e. The molecule has 0 atom stereocenters. The summed E-state index contributed by atoms with van der Waals surface area (Å²) in [5.74, 6) is 2.90. The summed E-state index contributed by atoms with van der Waals surface area (Å²) in [5, 5.41) is 3.49. The first-order valence-corrected chi connectivity index (χ1v) is 7.73. The highest BCUT2D eigenvalue weighted by Crippen LogP contribution is 2.16. The number of piperidine rings is 1. The number of rotatable bonds is 4. The fraction of sp³-hybridized carbons (Fsp3) is 0.688. The van der Waals surface area contributed by atoms with E-state index in [0.29, 0.717) is 6.04 Å². The third kappa shape index (κ3) is 4.58. The van der Waals surface area contributed by atoms with Crippen molar-refractivity contribution in [3.8, 4) is 0 Å². The van der Waals surface area contributed by atoms with Crippen LogP contribution in [-0.2, 0) is 6.42 Å². The minimum Gasteiger partial charge on any atom is -0.469 e. The molecular weight excluding hydrogens is 250 g/mol. The van der Waals surface area contributed by atoms with Gasteiger partial charge in [0.2, 0.25) is 0 Å².